The van der Waals surface area contributed by atoms with E-state index in [0.29, 0.717) is 27.6 Å². The molecule has 0 radical (unpaired) electrons. The second kappa shape index (κ2) is 6.80. The van der Waals surface area contributed by atoms with Gasteiger partial charge in [-0.2, -0.15) is 0 Å². The molecular weight excluding hydrogens is 354 g/mol. The van der Waals surface area contributed by atoms with Crippen LogP contribution in [0.2, 0.25) is 17.6 Å². The highest BCUT2D eigenvalue weighted by atomic mass is 28.3. The zero-order chi connectivity index (χ0) is 20.0. The molecule has 4 N–H and O–H groups in total. The summed E-state index contributed by atoms with van der Waals surface area (Å²) in [5, 5.41) is 22.9. The summed E-state index contributed by atoms with van der Waals surface area (Å²) in [6.45, 7) is 11.0. The summed E-state index contributed by atoms with van der Waals surface area (Å²) in [6.07, 6.45) is 0.801. The molecule has 5 heteroatoms. The number of rotatable bonds is 4. The Balaban J connectivity index is 2.01. The Morgan fingerprint density at radius 1 is 1.22 bits per heavy atom. The molecule has 4 nitrogen and oxygen atoms in total. The quantitative estimate of drug-likeness (QED) is 0.616. The van der Waals surface area contributed by atoms with Crippen LogP contribution >= 0.6 is 0 Å². The second-order valence-electron chi connectivity index (χ2n) is 8.57. The normalized spacial score (nSPS) is 19.0. The number of para-hydroxylation sites is 1. The lowest BCUT2D eigenvalue weighted by Crippen LogP contribution is -2.35. The standard InChI is InChI=1S/C22H27NO3Si/c1-14-12-16(13-15(19(14)24)10-11-27(5)21(2,3)4)22(26)17-8-6-7-9-18(17)23-20(22)25/h6-9,12-13,26H,10-11H2,1-5H3,(H-,23,24,25)/p+2. The molecule has 2 aromatic rings. The predicted octanol–water partition coefficient (Wildman–Crippen LogP) is 4.09. The number of benzene rings is 2. The van der Waals surface area contributed by atoms with Crippen molar-refractivity contribution in [1.29, 1.82) is 0 Å². The Labute approximate surface area is 162 Å². The molecule has 0 spiro atoms. The first kappa shape index (κ1) is 19.6. The highest BCUT2D eigenvalue weighted by molar-refractivity contribution is 6.60. The van der Waals surface area contributed by atoms with Crippen molar-refractivity contribution >= 4 is 20.4 Å². The van der Waals surface area contributed by atoms with Crippen molar-refractivity contribution in [2.45, 2.75) is 57.3 Å². The summed E-state index contributed by atoms with van der Waals surface area (Å²) < 4.78 is 0. The Kier molecular flexibility index (Phi) is 4.95. The lowest BCUT2D eigenvalue weighted by Gasteiger charge is -2.23. The fourth-order valence-electron chi connectivity index (χ4n) is 3.49. The van der Waals surface area contributed by atoms with Crippen molar-refractivity contribution in [2.24, 2.45) is 0 Å². The Morgan fingerprint density at radius 3 is 2.56 bits per heavy atom. The van der Waals surface area contributed by atoms with Crippen molar-refractivity contribution in [1.82, 2.24) is 0 Å². The van der Waals surface area contributed by atoms with E-state index < -0.39 is 20.3 Å². The number of nitrogens with one attached hydrogen (secondary N) is 1. The summed E-state index contributed by atoms with van der Waals surface area (Å²) in [6, 6.07) is 11.9. The first-order chi connectivity index (χ1) is 12.5. The second-order valence-corrected chi connectivity index (χ2v) is 12.1. The molecule has 1 amide bonds. The van der Waals surface area contributed by atoms with Gasteiger partial charge in [0.2, 0.25) is 0 Å². The summed E-state index contributed by atoms with van der Waals surface area (Å²) in [5.41, 5.74) is 1.76. The van der Waals surface area contributed by atoms with Gasteiger partial charge in [-0.25, -0.2) is 0 Å². The third-order valence-corrected chi connectivity index (χ3v) is 9.34. The minimum Gasteiger partial charge on any atom is -0.593 e. The zero-order valence-corrected chi connectivity index (χ0v) is 17.7. The van der Waals surface area contributed by atoms with Crippen LogP contribution in [-0.2, 0) is 16.8 Å². The zero-order valence-electron chi connectivity index (χ0n) is 16.7. The molecule has 1 aliphatic rings. The molecule has 0 saturated carbocycles. The van der Waals surface area contributed by atoms with E-state index in [4.69, 9.17) is 5.11 Å². The number of fused-ring (bicyclic) bond motifs is 1. The fourth-order valence-corrected chi connectivity index (χ4v) is 4.89. The molecule has 142 valence electrons. The number of hydrogen-bond acceptors (Lipinski definition) is 2. The number of carbonyl (C=O) groups is 1. The van der Waals surface area contributed by atoms with Gasteiger partial charge in [0.15, 0.2) is 5.60 Å². The van der Waals surface area contributed by atoms with E-state index in [1.807, 2.05) is 25.1 Å². The molecule has 1 aliphatic heterocycles. The topological polar surface area (TPSA) is 72.2 Å². The number of amides is 1. The Hall–Kier alpha value is -2.11. The number of aryl methyl sites for hydroxylation is 2. The van der Waals surface area contributed by atoms with Crippen LogP contribution in [0.4, 0.5) is 5.69 Å². The molecule has 2 aromatic carbocycles. The summed E-state index contributed by atoms with van der Waals surface area (Å²) >= 11 is 0. The van der Waals surface area contributed by atoms with Crippen molar-refractivity contribution in [2.75, 3.05) is 5.32 Å². The van der Waals surface area contributed by atoms with Crippen LogP contribution in [0.15, 0.2) is 36.4 Å². The molecular formula is C22H29NO3Si+2. The number of aliphatic hydroxyl groups is 1. The number of anilines is 1. The summed E-state index contributed by atoms with van der Waals surface area (Å²) in [5.74, 6) is 0.0828. The van der Waals surface area contributed by atoms with Crippen LogP contribution in [0.25, 0.3) is 0 Å². The number of hydrogen-bond donors (Lipinski definition) is 2. The summed E-state index contributed by atoms with van der Waals surface area (Å²) in [7, 11) is -0.562. The predicted molar refractivity (Wildman–Crippen MR) is 112 cm³/mol. The molecule has 0 aliphatic carbocycles. The highest BCUT2D eigenvalue weighted by Gasteiger charge is 2.47. The molecule has 1 atom stereocenters. The van der Waals surface area contributed by atoms with E-state index in [1.54, 1.807) is 18.2 Å². The SMILES string of the molecule is Cc1cc(C2(O)C(=O)Nc3ccccc32)cc(CC[Si+](C)C(C)(C)C)c1[OH2+]. The van der Waals surface area contributed by atoms with E-state index in [2.05, 4.69) is 32.6 Å². The third kappa shape index (κ3) is 3.41. The van der Waals surface area contributed by atoms with E-state index in [1.165, 1.54) is 0 Å². The minimum absolute atomic E-state index is 0.308. The molecule has 3 rings (SSSR count). The van der Waals surface area contributed by atoms with Gasteiger partial charge in [-0.15, -0.1) is 0 Å². The van der Waals surface area contributed by atoms with Crippen LogP contribution in [0, 0.1) is 6.92 Å². The smallest absolute Gasteiger partial charge is 0.317 e. The van der Waals surface area contributed by atoms with Gasteiger partial charge >= 0.3 is 8.80 Å². The van der Waals surface area contributed by atoms with Gasteiger partial charge in [-0.3, -0.25) is 4.79 Å². The molecule has 0 saturated heterocycles. The monoisotopic (exact) mass is 383 g/mol. The maximum Gasteiger partial charge on any atom is 0.317 e. The Morgan fingerprint density at radius 2 is 1.89 bits per heavy atom. The van der Waals surface area contributed by atoms with Gasteiger partial charge < -0.3 is 15.5 Å². The van der Waals surface area contributed by atoms with Crippen LogP contribution in [0.5, 0.6) is 5.75 Å². The minimum atomic E-state index is -1.70. The van der Waals surface area contributed by atoms with Crippen molar-refractivity contribution in [3.63, 3.8) is 0 Å². The van der Waals surface area contributed by atoms with Gasteiger partial charge in [0.05, 0.1) is 23.2 Å². The van der Waals surface area contributed by atoms with E-state index in [-0.39, 0.29) is 0 Å². The van der Waals surface area contributed by atoms with Crippen LogP contribution in [-0.4, -0.2) is 24.9 Å². The van der Waals surface area contributed by atoms with E-state index >= 15 is 0 Å². The average Bonchev–Trinajstić information content (AvgIpc) is 2.87. The third-order valence-electron chi connectivity index (χ3n) is 5.78. The van der Waals surface area contributed by atoms with Crippen LogP contribution < -0.4 is 5.32 Å². The lowest BCUT2D eigenvalue weighted by molar-refractivity contribution is -0.129. The van der Waals surface area contributed by atoms with Gasteiger partial charge in [-0.1, -0.05) is 18.2 Å². The maximum atomic E-state index is 12.7. The molecule has 27 heavy (non-hydrogen) atoms. The lowest BCUT2D eigenvalue weighted by atomic mass is 9.85. The van der Waals surface area contributed by atoms with Gasteiger partial charge in [0.1, 0.15) is 0 Å². The van der Waals surface area contributed by atoms with Crippen molar-refractivity contribution in [3.05, 3.63) is 58.7 Å². The molecule has 0 bridgehead atoms. The average molecular weight is 384 g/mol. The first-order valence-electron chi connectivity index (χ1n) is 9.37. The fraction of sp³-hybridized carbons (Fsp3) is 0.409. The Bertz CT molecular complexity index is 888. The van der Waals surface area contributed by atoms with Crippen LogP contribution in [0.3, 0.4) is 0 Å². The molecule has 1 heterocycles. The molecule has 0 aromatic heterocycles. The largest absolute Gasteiger partial charge is 0.593 e. The van der Waals surface area contributed by atoms with Gasteiger partial charge in [0.25, 0.3) is 11.7 Å². The van der Waals surface area contributed by atoms with Gasteiger partial charge in [-0.05, 0) is 51.5 Å². The summed E-state index contributed by atoms with van der Waals surface area (Å²) in [4.78, 5) is 12.7. The first-order valence-corrected chi connectivity index (χ1v) is 11.6. The van der Waals surface area contributed by atoms with Gasteiger partial charge in [0, 0.05) is 23.2 Å². The van der Waals surface area contributed by atoms with Crippen LogP contribution in [0.1, 0.15) is 43.0 Å². The molecule has 0 fully saturated rings. The highest BCUT2D eigenvalue weighted by Crippen LogP contribution is 2.42. The van der Waals surface area contributed by atoms with Crippen molar-refractivity contribution < 1.29 is 15.0 Å². The van der Waals surface area contributed by atoms with E-state index in [9.17, 15) is 9.90 Å². The molecule has 1 unspecified atom stereocenters. The van der Waals surface area contributed by atoms with Crippen molar-refractivity contribution in [3.8, 4) is 5.75 Å². The number of carbonyl (C=O) groups excluding carboxylic acids is 1. The maximum absolute atomic E-state index is 12.7. The van der Waals surface area contributed by atoms with E-state index in [0.717, 1.165) is 23.6 Å².